The summed E-state index contributed by atoms with van der Waals surface area (Å²) in [4.78, 5) is 2.52. The minimum absolute atomic E-state index is 0.693. The van der Waals surface area contributed by atoms with E-state index < -0.39 is 0 Å². The molecular formula is C16H28N2OS. The van der Waals surface area contributed by atoms with Gasteiger partial charge in [0.15, 0.2) is 0 Å². The van der Waals surface area contributed by atoms with Crippen molar-refractivity contribution in [2.45, 2.75) is 45.5 Å². The van der Waals surface area contributed by atoms with E-state index in [0.717, 1.165) is 30.6 Å². The van der Waals surface area contributed by atoms with Crippen molar-refractivity contribution in [2.24, 2.45) is 5.92 Å². The average molecular weight is 296 g/mol. The highest BCUT2D eigenvalue weighted by Crippen LogP contribution is 2.22. The second kappa shape index (κ2) is 8.11. The maximum Gasteiger partial charge on any atom is 0.118 e. The van der Waals surface area contributed by atoms with Gasteiger partial charge >= 0.3 is 0 Å². The topological polar surface area (TPSA) is 28.4 Å². The fourth-order valence-corrected chi connectivity index (χ4v) is 3.75. The van der Waals surface area contributed by atoms with Gasteiger partial charge in [-0.05, 0) is 24.9 Å². The molecule has 0 saturated carbocycles. The zero-order valence-electron chi connectivity index (χ0n) is 13.0. The number of thioether (sulfide) groups is 1. The third kappa shape index (κ3) is 5.15. The van der Waals surface area contributed by atoms with Crippen LogP contribution in [0.1, 0.15) is 38.5 Å². The van der Waals surface area contributed by atoms with Crippen LogP contribution in [0.25, 0.3) is 0 Å². The fraction of sp³-hybridized carbons (Fsp3) is 0.750. The maximum atomic E-state index is 5.71. The van der Waals surface area contributed by atoms with Crippen LogP contribution in [0, 0.1) is 5.92 Å². The first kappa shape index (κ1) is 15.9. The van der Waals surface area contributed by atoms with Crippen LogP contribution in [0.15, 0.2) is 16.7 Å². The molecule has 0 radical (unpaired) electrons. The van der Waals surface area contributed by atoms with Crippen molar-refractivity contribution in [3.63, 3.8) is 0 Å². The molecule has 2 heterocycles. The van der Waals surface area contributed by atoms with E-state index in [1.54, 1.807) is 0 Å². The molecule has 0 bridgehead atoms. The number of nitrogens with zero attached hydrogens (tertiary/aromatic N) is 1. The van der Waals surface area contributed by atoms with Crippen LogP contribution < -0.4 is 5.32 Å². The van der Waals surface area contributed by atoms with Gasteiger partial charge in [0, 0.05) is 36.2 Å². The monoisotopic (exact) mass is 296 g/mol. The Bertz CT molecular complexity index is 392. The molecule has 1 fully saturated rings. The number of nitrogens with one attached hydrogen (secondary N) is 1. The standard InChI is InChI=1S/C16H28N2OS/c1-4-16-11-18(5-6-20-16)10-15-7-14(12-19-15)9-17-8-13(2)3/h7,12-13,16-17H,4-6,8-11H2,1-3H3. The van der Waals surface area contributed by atoms with Gasteiger partial charge in [-0.1, -0.05) is 20.8 Å². The molecule has 0 amide bonds. The van der Waals surface area contributed by atoms with Gasteiger partial charge in [0.25, 0.3) is 0 Å². The van der Waals surface area contributed by atoms with E-state index in [-0.39, 0.29) is 0 Å². The first-order valence-electron chi connectivity index (χ1n) is 7.78. The van der Waals surface area contributed by atoms with Crippen LogP contribution in [0.2, 0.25) is 0 Å². The van der Waals surface area contributed by atoms with E-state index >= 15 is 0 Å². The summed E-state index contributed by atoms with van der Waals surface area (Å²) in [6.45, 7) is 12.1. The van der Waals surface area contributed by atoms with Crippen molar-refractivity contribution in [2.75, 3.05) is 25.4 Å². The largest absolute Gasteiger partial charge is 0.468 e. The van der Waals surface area contributed by atoms with E-state index in [1.807, 2.05) is 6.26 Å². The molecule has 1 saturated heterocycles. The van der Waals surface area contributed by atoms with E-state index in [4.69, 9.17) is 4.42 Å². The summed E-state index contributed by atoms with van der Waals surface area (Å²) < 4.78 is 5.71. The Hall–Kier alpha value is -0.450. The van der Waals surface area contributed by atoms with Crippen molar-refractivity contribution >= 4 is 11.8 Å². The van der Waals surface area contributed by atoms with Crippen LogP contribution in [0.3, 0.4) is 0 Å². The van der Waals surface area contributed by atoms with Gasteiger partial charge in [0.1, 0.15) is 5.76 Å². The summed E-state index contributed by atoms with van der Waals surface area (Å²) in [5.74, 6) is 3.05. The number of rotatable bonds is 7. The SMILES string of the molecule is CCC1CN(Cc2cc(CNCC(C)C)co2)CCS1. The minimum atomic E-state index is 0.693. The van der Waals surface area contributed by atoms with Gasteiger partial charge < -0.3 is 9.73 Å². The van der Waals surface area contributed by atoms with Crippen molar-refractivity contribution in [3.8, 4) is 0 Å². The third-order valence-electron chi connectivity index (χ3n) is 3.65. The lowest BCUT2D eigenvalue weighted by Crippen LogP contribution is -2.36. The van der Waals surface area contributed by atoms with E-state index in [0.29, 0.717) is 5.92 Å². The van der Waals surface area contributed by atoms with E-state index in [1.165, 1.54) is 30.8 Å². The van der Waals surface area contributed by atoms with Gasteiger partial charge in [0.2, 0.25) is 0 Å². The second-order valence-corrected chi connectivity index (χ2v) is 7.49. The highest BCUT2D eigenvalue weighted by atomic mass is 32.2. The van der Waals surface area contributed by atoms with E-state index in [9.17, 15) is 0 Å². The Kier molecular flexibility index (Phi) is 6.46. The first-order chi connectivity index (χ1) is 9.67. The Morgan fingerprint density at radius 1 is 1.50 bits per heavy atom. The lowest BCUT2D eigenvalue weighted by atomic mass is 10.2. The Morgan fingerprint density at radius 2 is 2.35 bits per heavy atom. The van der Waals surface area contributed by atoms with Gasteiger partial charge in [-0.25, -0.2) is 0 Å². The van der Waals surface area contributed by atoms with Crippen molar-refractivity contribution in [3.05, 3.63) is 23.7 Å². The van der Waals surface area contributed by atoms with Crippen LogP contribution in [-0.2, 0) is 13.1 Å². The Balaban J connectivity index is 1.77. The number of furan rings is 1. The Labute approximate surface area is 127 Å². The predicted octanol–water partition coefficient (Wildman–Crippen LogP) is 3.35. The highest BCUT2D eigenvalue weighted by Gasteiger charge is 2.19. The molecule has 3 nitrogen and oxygen atoms in total. The second-order valence-electron chi connectivity index (χ2n) is 6.08. The normalized spacial score (nSPS) is 20.7. The molecule has 1 aliphatic rings. The summed E-state index contributed by atoms with van der Waals surface area (Å²) in [6.07, 6.45) is 3.17. The summed E-state index contributed by atoms with van der Waals surface area (Å²) in [5.41, 5.74) is 1.26. The molecule has 1 atom stereocenters. The zero-order chi connectivity index (χ0) is 14.4. The van der Waals surface area contributed by atoms with Gasteiger partial charge in [-0.3, -0.25) is 4.90 Å². The molecule has 2 rings (SSSR count). The molecule has 1 unspecified atom stereocenters. The van der Waals surface area contributed by atoms with Crippen molar-refractivity contribution in [1.82, 2.24) is 10.2 Å². The van der Waals surface area contributed by atoms with E-state index in [2.05, 4.69) is 48.8 Å². The lowest BCUT2D eigenvalue weighted by Gasteiger charge is -2.31. The molecule has 0 aromatic carbocycles. The third-order valence-corrected chi connectivity index (χ3v) is 5.02. The van der Waals surface area contributed by atoms with Crippen LogP contribution in [-0.4, -0.2) is 35.5 Å². The molecular weight excluding hydrogens is 268 g/mol. The van der Waals surface area contributed by atoms with Gasteiger partial charge in [-0.15, -0.1) is 0 Å². The van der Waals surface area contributed by atoms with Crippen LogP contribution in [0.4, 0.5) is 0 Å². The van der Waals surface area contributed by atoms with Crippen LogP contribution >= 0.6 is 11.8 Å². The molecule has 1 aromatic rings. The summed E-state index contributed by atoms with van der Waals surface area (Å²) in [5, 5.41) is 4.25. The Morgan fingerprint density at radius 3 is 3.10 bits per heavy atom. The first-order valence-corrected chi connectivity index (χ1v) is 8.83. The summed E-state index contributed by atoms with van der Waals surface area (Å²) in [6, 6.07) is 2.20. The molecule has 20 heavy (non-hydrogen) atoms. The smallest absolute Gasteiger partial charge is 0.118 e. The van der Waals surface area contributed by atoms with Crippen molar-refractivity contribution in [1.29, 1.82) is 0 Å². The number of hydrogen-bond acceptors (Lipinski definition) is 4. The van der Waals surface area contributed by atoms with Crippen LogP contribution in [0.5, 0.6) is 0 Å². The van der Waals surface area contributed by atoms with Crippen molar-refractivity contribution < 1.29 is 4.42 Å². The maximum absolute atomic E-state index is 5.71. The molecule has 114 valence electrons. The molecule has 1 aromatic heterocycles. The molecule has 4 heteroatoms. The molecule has 1 N–H and O–H groups in total. The molecule has 0 spiro atoms. The zero-order valence-corrected chi connectivity index (χ0v) is 13.8. The minimum Gasteiger partial charge on any atom is -0.468 e. The molecule has 1 aliphatic heterocycles. The van der Waals surface area contributed by atoms with Gasteiger partial charge in [0.05, 0.1) is 12.8 Å². The molecule has 0 aliphatic carbocycles. The summed E-state index contributed by atoms with van der Waals surface area (Å²) >= 11 is 2.11. The highest BCUT2D eigenvalue weighted by molar-refractivity contribution is 8.00. The predicted molar refractivity (Wildman–Crippen MR) is 87.1 cm³/mol. The average Bonchev–Trinajstić information content (AvgIpc) is 2.86. The number of hydrogen-bond donors (Lipinski definition) is 1. The summed E-state index contributed by atoms with van der Waals surface area (Å²) in [7, 11) is 0. The fourth-order valence-electron chi connectivity index (χ4n) is 2.50. The lowest BCUT2D eigenvalue weighted by molar-refractivity contribution is 0.250. The van der Waals surface area contributed by atoms with Gasteiger partial charge in [-0.2, -0.15) is 11.8 Å². The quantitative estimate of drug-likeness (QED) is 0.835.